The summed E-state index contributed by atoms with van der Waals surface area (Å²) in [7, 11) is 0. The van der Waals surface area contributed by atoms with Gasteiger partial charge in [0.2, 0.25) is 5.91 Å². The van der Waals surface area contributed by atoms with Gasteiger partial charge >= 0.3 is 0 Å². The summed E-state index contributed by atoms with van der Waals surface area (Å²) < 4.78 is 2.05. The molecule has 0 aliphatic carbocycles. The van der Waals surface area contributed by atoms with E-state index in [0.717, 1.165) is 13.0 Å². The van der Waals surface area contributed by atoms with Crippen molar-refractivity contribution in [2.75, 3.05) is 5.32 Å². The molecule has 2 aromatic rings. The Balaban J connectivity index is 1.79. The number of benzene rings is 1. The zero-order valence-electron chi connectivity index (χ0n) is 10.5. The normalized spacial score (nSPS) is 9.84. The fraction of sp³-hybridized carbons (Fsp3) is 0.200. The highest BCUT2D eigenvalue weighted by Crippen LogP contribution is 2.10. The summed E-state index contributed by atoms with van der Waals surface area (Å²) in [5, 5.41) is 11.6. The number of carbonyl (C=O) groups excluding carboxylic acids is 1. The molecular weight excluding hydrogens is 238 g/mol. The number of rotatable bonds is 5. The number of aromatic nitrogens is 1. The molecule has 0 aliphatic rings. The number of nitrogens with one attached hydrogen (secondary N) is 1. The summed E-state index contributed by atoms with van der Waals surface area (Å²) in [6, 6.07) is 12.9. The van der Waals surface area contributed by atoms with E-state index in [-0.39, 0.29) is 5.91 Å². The summed E-state index contributed by atoms with van der Waals surface area (Å²) in [6.45, 7) is 0.832. The Kier molecular flexibility index (Phi) is 4.35. The number of aryl methyl sites for hydroxylation is 1. The Labute approximate surface area is 112 Å². The van der Waals surface area contributed by atoms with Crippen LogP contribution in [0.3, 0.4) is 0 Å². The first kappa shape index (κ1) is 12.9. The number of hydrogen-bond donors (Lipinski definition) is 1. The van der Waals surface area contributed by atoms with Gasteiger partial charge in [0.1, 0.15) is 0 Å². The van der Waals surface area contributed by atoms with Crippen LogP contribution in [0.25, 0.3) is 0 Å². The second-order valence-electron chi connectivity index (χ2n) is 4.27. The van der Waals surface area contributed by atoms with Gasteiger partial charge in [-0.25, -0.2) is 0 Å². The average Bonchev–Trinajstić information content (AvgIpc) is 2.92. The molecule has 19 heavy (non-hydrogen) atoms. The van der Waals surface area contributed by atoms with Crippen LogP contribution in [0.2, 0.25) is 0 Å². The standard InChI is InChI=1S/C15H15N3O/c16-12-13-5-3-6-14(11-13)17-15(19)7-4-10-18-8-1-2-9-18/h1-3,5-6,8-9,11H,4,7,10H2,(H,17,19). The molecule has 0 aliphatic heterocycles. The zero-order chi connectivity index (χ0) is 13.5. The van der Waals surface area contributed by atoms with Crippen molar-refractivity contribution in [1.29, 1.82) is 5.26 Å². The van der Waals surface area contributed by atoms with Crippen LogP contribution in [0.1, 0.15) is 18.4 Å². The van der Waals surface area contributed by atoms with E-state index in [0.29, 0.717) is 17.7 Å². The lowest BCUT2D eigenvalue weighted by molar-refractivity contribution is -0.116. The van der Waals surface area contributed by atoms with Crippen molar-refractivity contribution in [1.82, 2.24) is 4.57 Å². The fourth-order valence-electron chi connectivity index (χ4n) is 1.83. The summed E-state index contributed by atoms with van der Waals surface area (Å²) in [4.78, 5) is 11.7. The van der Waals surface area contributed by atoms with Crippen molar-refractivity contribution < 1.29 is 4.79 Å². The zero-order valence-corrected chi connectivity index (χ0v) is 10.5. The predicted octanol–water partition coefficient (Wildman–Crippen LogP) is 2.78. The van der Waals surface area contributed by atoms with Gasteiger partial charge in [0.25, 0.3) is 0 Å². The van der Waals surface area contributed by atoms with Crippen LogP contribution in [-0.2, 0) is 11.3 Å². The summed E-state index contributed by atoms with van der Waals surface area (Å²) in [5.41, 5.74) is 1.22. The summed E-state index contributed by atoms with van der Waals surface area (Å²) >= 11 is 0. The van der Waals surface area contributed by atoms with E-state index >= 15 is 0 Å². The molecule has 0 unspecified atom stereocenters. The molecule has 1 heterocycles. The van der Waals surface area contributed by atoms with E-state index in [1.54, 1.807) is 24.3 Å². The van der Waals surface area contributed by atoms with Crippen LogP contribution in [-0.4, -0.2) is 10.5 Å². The smallest absolute Gasteiger partial charge is 0.224 e. The molecule has 1 amide bonds. The molecule has 2 rings (SSSR count). The molecule has 0 atom stereocenters. The highest BCUT2D eigenvalue weighted by Gasteiger charge is 2.03. The third-order valence-corrected chi connectivity index (χ3v) is 2.76. The Morgan fingerprint density at radius 3 is 2.79 bits per heavy atom. The van der Waals surface area contributed by atoms with Crippen LogP contribution in [0.4, 0.5) is 5.69 Å². The molecule has 0 saturated carbocycles. The van der Waals surface area contributed by atoms with Crippen molar-refractivity contribution in [3.63, 3.8) is 0 Å². The molecule has 0 fully saturated rings. The molecule has 0 spiro atoms. The number of hydrogen-bond acceptors (Lipinski definition) is 2. The van der Waals surface area contributed by atoms with Crippen molar-refractivity contribution in [2.24, 2.45) is 0 Å². The second kappa shape index (κ2) is 6.41. The molecular formula is C15H15N3O. The number of nitrogens with zero attached hydrogens (tertiary/aromatic N) is 2. The monoisotopic (exact) mass is 253 g/mol. The Hall–Kier alpha value is -2.54. The molecule has 0 bridgehead atoms. The van der Waals surface area contributed by atoms with E-state index in [2.05, 4.69) is 5.32 Å². The van der Waals surface area contributed by atoms with E-state index in [9.17, 15) is 4.79 Å². The maximum absolute atomic E-state index is 11.7. The number of carbonyl (C=O) groups is 1. The van der Waals surface area contributed by atoms with E-state index in [4.69, 9.17) is 5.26 Å². The molecule has 0 radical (unpaired) electrons. The number of anilines is 1. The lowest BCUT2D eigenvalue weighted by atomic mass is 10.2. The maximum Gasteiger partial charge on any atom is 0.224 e. The van der Waals surface area contributed by atoms with Crippen LogP contribution >= 0.6 is 0 Å². The summed E-state index contributed by atoms with van der Waals surface area (Å²) in [6.07, 6.45) is 5.22. The topological polar surface area (TPSA) is 57.8 Å². The van der Waals surface area contributed by atoms with Gasteiger partial charge in [0.05, 0.1) is 11.6 Å². The first-order chi connectivity index (χ1) is 9.28. The Bertz CT molecular complexity index is 582. The van der Waals surface area contributed by atoms with Crippen molar-refractivity contribution in [2.45, 2.75) is 19.4 Å². The second-order valence-corrected chi connectivity index (χ2v) is 4.27. The van der Waals surface area contributed by atoms with Crippen molar-refractivity contribution in [3.05, 3.63) is 54.4 Å². The largest absolute Gasteiger partial charge is 0.354 e. The fourth-order valence-corrected chi connectivity index (χ4v) is 1.83. The van der Waals surface area contributed by atoms with Crippen LogP contribution in [0.15, 0.2) is 48.8 Å². The maximum atomic E-state index is 11.7. The number of amides is 1. The first-order valence-corrected chi connectivity index (χ1v) is 6.19. The number of nitriles is 1. The minimum Gasteiger partial charge on any atom is -0.354 e. The van der Waals surface area contributed by atoms with Gasteiger partial charge in [-0.3, -0.25) is 4.79 Å². The van der Waals surface area contributed by atoms with Gasteiger partial charge < -0.3 is 9.88 Å². The highest BCUT2D eigenvalue weighted by atomic mass is 16.1. The van der Waals surface area contributed by atoms with Gasteiger partial charge in [0.15, 0.2) is 0 Å². The first-order valence-electron chi connectivity index (χ1n) is 6.19. The molecule has 1 aromatic carbocycles. The van der Waals surface area contributed by atoms with Gasteiger partial charge in [-0.2, -0.15) is 5.26 Å². The lowest BCUT2D eigenvalue weighted by Crippen LogP contribution is -2.12. The van der Waals surface area contributed by atoms with Gasteiger partial charge in [-0.05, 0) is 36.8 Å². The lowest BCUT2D eigenvalue weighted by Gasteiger charge is -2.06. The molecule has 1 aromatic heterocycles. The predicted molar refractivity (Wildman–Crippen MR) is 73.5 cm³/mol. The van der Waals surface area contributed by atoms with Crippen LogP contribution in [0.5, 0.6) is 0 Å². The highest BCUT2D eigenvalue weighted by molar-refractivity contribution is 5.90. The quantitative estimate of drug-likeness (QED) is 0.890. The SMILES string of the molecule is N#Cc1cccc(NC(=O)CCCn2cccc2)c1. The average molecular weight is 253 g/mol. The van der Waals surface area contributed by atoms with Crippen molar-refractivity contribution >= 4 is 11.6 Å². The van der Waals surface area contributed by atoms with E-state index < -0.39 is 0 Å². The molecule has 1 N–H and O–H groups in total. The third-order valence-electron chi connectivity index (χ3n) is 2.76. The van der Waals surface area contributed by atoms with Gasteiger partial charge in [0, 0.05) is 31.0 Å². The molecule has 4 nitrogen and oxygen atoms in total. The van der Waals surface area contributed by atoms with E-state index in [1.807, 2.05) is 35.2 Å². The molecule has 0 saturated heterocycles. The van der Waals surface area contributed by atoms with Gasteiger partial charge in [-0.15, -0.1) is 0 Å². The molecule has 4 heteroatoms. The molecule has 96 valence electrons. The Morgan fingerprint density at radius 1 is 1.26 bits per heavy atom. The van der Waals surface area contributed by atoms with Crippen LogP contribution in [0, 0.1) is 11.3 Å². The van der Waals surface area contributed by atoms with E-state index in [1.165, 1.54) is 0 Å². The minimum atomic E-state index is -0.0257. The van der Waals surface area contributed by atoms with Crippen LogP contribution < -0.4 is 5.32 Å². The Morgan fingerprint density at radius 2 is 2.05 bits per heavy atom. The van der Waals surface area contributed by atoms with Gasteiger partial charge in [-0.1, -0.05) is 6.07 Å². The minimum absolute atomic E-state index is 0.0257. The van der Waals surface area contributed by atoms with Crippen molar-refractivity contribution in [3.8, 4) is 6.07 Å². The summed E-state index contributed by atoms with van der Waals surface area (Å²) in [5.74, 6) is -0.0257. The third kappa shape index (κ3) is 4.00.